The van der Waals surface area contributed by atoms with E-state index in [0.29, 0.717) is 22.7 Å². The summed E-state index contributed by atoms with van der Waals surface area (Å²) < 4.78 is 89.7. The Balaban J connectivity index is 1.55. The van der Waals surface area contributed by atoms with Crippen molar-refractivity contribution >= 4 is 34.1 Å². The van der Waals surface area contributed by atoms with Gasteiger partial charge < -0.3 is 9.80 Å². The maximum absolute atomic E-state index is 15.0. The Morgan fingerprint density at radius 3 is 0.840 bits per heavy atom. The molecule has 0 aromatic heterocycles. The van der Waals surface area contributed by atoms with E-state index in [2.05, 4.69) is 0 Å². The quantitative estimate of drug-likeness (QED) is 0.155. The number of aryl methyl sites for hydroxylation is 4. The van der Waals surface area contributed by atoms with Crippen molar-refractivity contribution in [3.8, 4) is 11.1 Å². The highest BCUT2D eigenvalue weighted by atomic mass is 19.4. The largest absolute Gasteiger partial charge is 0.417 e. The number of hydrogen-bond acceptors (Lipinski definition) is 2. The third kappa shape index (κ3) is 7.25. The van der Waals surface area contributed by atoms with E-state index in [1.165, 1.54) is 12.1 Å². The molecule has 0 fully saturated rings. The summed E-state index contributed by atoms with van der Waals surface area (Å²) in [5.74, 6) is 0. The van der Waals surface area contributed by atoms with Crippen LogP contribution in [0.3, 0.4) is 0 Å². The topological polar surface area (TPSA) is 6.48 Å². The highest BCUT2D eigenvalue weighted by Crippen LogP contribution is 2.48. The second-order valence-electron chi connectivity index (χ2n) is 12.5. The van der Waals surface area contributed by atoms with Gasteiger partial charge in [-0.1, -0.05) is 60.7 Å². The lowest BCUT2D eigenvalue weighted by Crippen LogP contribution is -2.16. The molecule has 0 N–H and O–H groups in total. The van der Waals surface area contributed by atoms with Crippen molar-refractivity contribution in [2.45, 2.75) is 40.0 Å². The van der Waals surface area contributed by atoms with Crippen molar-refractivity contribution in [2.75, 3.05) is 9.80 Å². The summed E-state index contributed by atoms with van der Waals surface area (Å²) in [5, 5.41) is 0. The van der Waals surface area contributed by atoms with Crippen LogP contribution in [0.15, 0.2) is 133 Å². The first-order chi connectivity index (χ1) is 23.7. The lowest BCUT2D eigenvalue weighted by atomic mass is 9.93. The van der Waals surface area contributed by atoms with Gasteiger partial charge in [0.25, 0.3) is 0 Å². The summed E-state index contributed by atoms with van der Waals surface area (Å²) in [7, 11) is 0. The van der Waals surface area contributed by atoms with Crippen LogP contribution in [0, 0.1) is 27.7 Å². The zero-order valence-corrected chi connectivity index (χ0v) is 27.9. The molecule has 0 aliphatic carbocycles. The number of hydrogen-bond donors (Lipinski definition) is 0. The minimum atomic E-state index is -4.97. The van der Waals surface area contributed by atoms with Gasteiger partial charge in [0.15, 0.2) is 0 Å². The molecule has 0 spiro atoms. The summed E-state index contributed by atoms with van der Waals surface area (Å²) in [4.78, 5) is 3.35. The van der Waals surface area contributed by atoms with E-state index in [-0.39, 0.29) is 11.4 Å². The molecule has 6 rings (SSSR count). The van der Waals surface area contributed by atoms with Crippen molar-refractivity contribution < 1.29 is 26.3 Å². The molecule has 0 atom stereocenters. The lowest BCUT2D eigenvalue weighted by molar-refractivity contribution is -0.139. The van der Waals surface area contributed by atoms with E-state index in [9.17, 15) is 26.3 Å². The van der Waals surface area contributed by atoms with Crippen LogP contribution in [0.4, 0.5) is 60.5 Å². The van der Waals surface area contributed by atoms with Crippen LogP contribution in [0.1, 0.15) is 33.4 Å². The summed E-state index contributed by atoms with van der Waals surface area (Å²) in [6.45, 7) is 7.51. The number of anilines is 6. The molecular formula is C42H34F6N2. The number of rotatable bonds is 7. The second-order valence-corrected chi connectivity index (χ2v) is 12.5. The molecule has 8 heteroatoms. The van der Waals surface area contributed by atoms with Crippen molar-refractivity contribution in [3.63, 3.8) is 0 Å². The summed E-state index contributed by atoms with van der Waals surface area (Å²) in [5.41, 5.74) is 2.89. The highest BCUT2D eigenvalue weighted by Gasteiger charge is 2.39. The SMILES string of the molecule is Cc1cccc(N(c2cccc(C)c2)c2ccc(-c3ccc(N(c4cccc(C)c4)c4cccc(C)c4)cc3C(F)(F)F)c(C(F)(F)F)c2)c1. The monoisotopic (exact) mass is 680 g/mol. The fourth-order valence-electron chi connectivity index (χ4n) is 6.24. The zero-order valence-electron chi connectivity index (χ0n) is 27.9. The number of nitrogens with zero attached hydrogens (tertiary/aromatic N) is 2. The van der Waals surface area contributed by atoms with Crippen molar-refractivity contribution in [1.82, 2.24) is 0 Å². The Bertz CT molecular complexity index is 1920. The van der Waals surface area contributed by atoms with Gasteiger partial charge in [0.1, 0.15) is 0 Å². The van der Waals surface area contributed by atoms with Crippen molar-refractivity contribution in [1.29, 1.82) is 0 Å². The molecular weight excluding hydrogens is 646 g/mol. The van der Waals surface area contributed by atoms with Gasteiger partial charge in [0, 0.05) is 34.1 Å². The van der Waals surface area contributed by atoms with Crippen LogP contribution in [-0.4, -0.2) is 0 Å². The second kappa shape index (κ2) is 13.4. The molecule has 2 nitrogen and oxygen atoms in total. The smallest absolute Gasteiger partial charge is 0.310 e. The Morgan fingerprint density at radius 1 is 0.340 bits per heavy atom. The Hall–Kier alpha value is -5.50. The van der Waals surface area contributed by atoms with E-state index < -0.39 is 34.6 Å². The predicted molar refractivity (Wildman–Crippen MR) is 190 cm³/mol. The molecule has 254 valence electrons. The Kier molecular flexibility index (Phi) is 9.23. The first kappa shape index (κ1) is 34.4. The third-order valence-corrected chi connectivity index (χ3v) is 8.46. The summed E-state index contributed by atoms with van der Waals surface area (Å²) in [6.07, 6.45) is -9.93. The molecule has 0 bridgehead atoms. The highest BCUT2D eigenvalue weighted by molar-refractivity contribution is 5.84. The molecule has 0 radical (unpaired) electrons. The maximum Gasteiger partial charge on any atom is 0.417 e. The number of alkyl halides is 6. The molecule has 0 saturated heterocycles. The standard InChI is InChI=1S/C42H34F6N2/c1-27-9-5-13-31(21-27)49(32-14-6-10-28(2)22-32)35-17-19-37(39(25-35)41(43,44)45)38-20-18-36(26-40(38)42(46,47)48)50(33-15-7-11-29(3)23-33)34-16-8-12-30(4)24-34/h5-26H,1-4H3. The Morgan fingerprint density at radius 2 is 0.600 bits per heavy atom. The normalized spacial score (nSPS) is 11.8. The fraction of sp³-hybridized carbons (Fsp3) is 0.143. The van der Waals surface area contributed by atoms with Gasteiger partial charge in [-0.05, 0) is 134 Å². The average Bonchev–Trinajstić information content (AvgIpc) is 3.04. The summed E-state index contributed by atoms with van der Waals surface area (Å²) >= 11 is 0. The summed E-state index contributed by atoms with van der Waals surface area (Å²) in [6, 6.07) is 36.3. The lowest BCUT2D eigenvalue weighted by Gasteiger charge is -2.29. The van der Waals surface area contributed by atoms with Gasteiger partial charge in [0.2, 0.25) is 0 Å². The minimum Gasteiger partial charge on any atom is -0.310 e. The van der Waals surface area contributed by atoms with Crippen LogP contribution in [0.2, 0.25) is 0 Å². The van der Waals surface area contributed by atoms with Crippen LogP contribution in [0.5, 0.6) is 0 Å². The van der Waals surface area contributed by atoms with Gasteiger partial charge in [-0.25, -0.2) is 0 Å². The molecule has 0 aliphatic heterocycles. The van der Waals surface area contributed by atoms with E-state index in [1.54, 1.807) is 58.3 Å². The molecule has 6 aromatic rings. The van der Waals surface area contributed by atoms with Gasteiger partial charge in [0.05, 0.1) is 11.1 Å². The molecule has 0 heterocycles. The predicted octanol–water partition coefficient (Wildman–Crippen LogP) is 13.6. The first-order valence-corrected chi connectivity index (χ1v) is 16.0. The van der Waals surface area contributed by atoms with Gasteiger partial charge in [-0.15, -0.1) is 0 Å². The van der Waals surface area contributed by atoms with Crippen LogP contribution >= 0.6 is 0 Å². The van der Waals surface area contributed by atoms with Gasteiger partial charge >= 0.3 is 12.4 Å². The van der Waals surface area contributed by atoms with Crippen molar-refractivity contribution in [3.05, 3.63) is 167 Å². The molecule has 50 heavy (non-hydrogen) atoms. The Labute approximate surface area is 287 Å². The maximum atomic E-state index is 15.0. The van der Waals surface area contributed by atoms with Crippen LogP contribution in [-0.2, 0) is 12.4 Å². The molecule has 0 amide bonds. The third-order valence-electron chi connectivity index (χ3n) is 8.46. The number of benzene rings is 6. The molecule has 0 aliphatic rings. The van der Waals surface area contributed by atoms with Gasteiger partial charge in [-0.3, -0.25) is 0 Å². The van der Waals surface area contributed by atoms with Crippen LogP contribution < -0.4 is 9.80 Å². The van der Waals surface area contributed by atoms with Crippen molar-refractivity contribution in [2.24, 2.45) is 0 Å². The van der Waals surface area contributed by atoms with Gasteiger partial charge in [-0.2, -0.15) is 26.3 Å². The van der Waals surface area contributed by atoms with E-state index in [0.717, 1.165) is 46.5 Å². The van der Waals surface area contributed by atoms with E-state index >= 15 is 0 Å². The fourth-order valence-corrected chi connectivity index (χ4v) is 6.24. The first-order valence-electron chi connectivity index (χ1n) is 16.0. The van der Waals surface area contributed by atoms with E-state index in [4.69, 9.17) is 0 Å². The average molecular weight is 681 g/mol. The minimum absolute atomic E-state index is 0.160. The van der Waals surface area contributed by atoms with Crippen LogP contribution in [0.25, 0.3) is 11.1 Å². The zero-order chi connectivity index (χ0) is 35.8. The van der Waals surface area contributed by atoms with E-state index in [1.807, 2.05) is 76.2 Å². The molecule has 6 aromatic carbocycles. The molecule has 0 saturated carbocycles. The molecule has 0 unspecified atom stereocenters. The number of halogens is 6.